The highest BCUT2D eigenvalue weighted by Gasteiger charge is 2.24. The van der Waals surface area contributed by atoms with Crippen molar-refractivity contribution >= 4 is 34.9 Å². The third-order valence-electron chi connectivity index (χ3n) is 6.39. The summed E-state index contributed by atoms with van der Waals surface area (Å²) in [5, 5.41) is 8.32. The fourth-order valence-corrected chi connectivity index (χ4v) is 4.83. The van der Waals surface area contributed by atoms with E-state index in [1.165, 1.54) is 56.1 Å². The minimum Gasteiger partial charge on any atom is -0.496 e. The number of nitrogens with zero attached hydrogens (tertiary/aromatic N) is 4. The Morgan fingerprint density at radius 1 is 1.21 bits per heavy atom. The van der Waals surface area contributed by atoms with Gasteiger partial charge in [-0.05, 0) is 50.4 Å². The maximum Gasteiger partial charge on any atom is 0.354 e. The van der Waals surface area contributed by atoms with Crippen LogP contribution >= 0.6 is 11.3 Å². The van der Waals surface area contributed by atoms with Gasteiger partial charge in [0.15, 0.2) is 0 Å². The molecule has 0 radical (unpaired) electrons. The highest BCUT2D eigenvalue weighted by molar-refractivity contribution is 7.08. The summed E-state index contributed by atoms with van der Waals surface area (Å²) in [5.41, 5.74) is -0.908. The second-order valence-electron chi connectivity index (χ2n) is 9.79. The summed E-state index contributed by atoms with van der Waals surface area (Å²) in [6.45, 7) is 6.07. The van der Waals surface area contributed by atoms with Crippen LogP contribution in [0.2, 0.25) is 0 Å². The summed E-state index contributed by atoms with van der Waals surface area (Å²) in [4.78, 5) is 46.1. The van der Waals surface area contributed by atoms with Crippen LogP contribution in [-0.2, 0) is 14.3 Å². The number of oxime groups is 1. The number of hydrogen-bond donors (Lipinski definition) is 0. The molecule has 3 heterocycles. The average Bonchev–Trinajstić information content (AvgIpc) is 3.52. The van der Waals surface area contributed by atoms with Gasteiger partial charge in [0.1, 0.15) is 29.5 Å². The normalized spacial score (nSPS) is 14.6. The number of benzene rings is 1. The number of carbonyl (C=O) groups excluding carboxylic acids is 1. The van der Waals surface area contributed by atoms with Crippen molar-refractivity contribution in [1.29, 1.82) is 0 Å². The molecule has 11 nitrogen and oxygen atoms in total. The lowest BCUT2D eigenvalue weighted by Crippen LogP contribution is -2.53. The van der Waals surface area contributed by atoms with Gasteiger partial charge >= 0.3 is 5.69 Å². The van der Waals surface area contributed by atoms with Gasteiger partial charge in [0.2, 0.25) is 0 Å². The Morgan fingerprint density at radius 3 is 2.60 bits per heavy atom. The summed E-state index contributed by atoms with van der Waals surface area (Å²) < 4.78 is 33.5. The standard InChI is InChI=1S/C29H33FN4O7S/c1-18(2)41-31-19(3)24-15-33(29(37)34(28(24)36)32(4)27(35)20-10-13-42-17-20)16-26(40-22-8-11-39-12-9-22)23-14-21(30)6-7-25(23)38-5/h6-7,10,13-18,22H,8-9,11-12H2,1-5H3/b26-16-,31-19+. The molecule has 1 amide bonds. The predicted molar refractivity (Wildman–Crippen MR) is 158 cm³/mol. The Kier molecular flexibility index (Phi) is 9.96. The molecule has 1 aromatic carbocycles. The molecule has 0 aliphatic carbocycles. The summed E-state index contributed by atoms with van der Waals surface area (Å²) in [6.07, 6.45) is 3.22. The summed E-state index contributed by atoms with van der Waals surface area (Å²) in [6, 6.07) is 5.53. The van der Waals surface area contributed by atoms with Crippen molar-refractivity contribution in [2.24, 2.45) is 5.16 Å². The lowest BCUT2D eigenvalue weighted by atomic mass is 10.1. The van der Waals surface area contributed by atoms with Crippen molar-refractivity contribution in [2.45, 2.75) is 45.8 Å². The zero-order valence-corrected chi connectivity index (χ0v) is 24.9. The molecule has 1 fully saturated rings. The number of rotatable bonds is 10. The van der Waals surface area contributed by atoms with E-state index in [0.29, 0.717) is 37.4 Å². The van der Waals surface area contributed by atoms with Crippen LogP contribution in [-0.4, -0.2) is 60.4 Å². The Hall–Kier alpha value is -4.23. The van der Waals surface area contributed by atoms with E-state index in [2.05, 4.69) is 5.16 Å². The van der Waals surface area contributed by atoms with Crippen molar-refractivity contribution in [3.63, 3.8) is 0 Å². The summed E-state index contributed by atoms with van der Waals surface area (Å²) in [7, 11) is 2.76. The quantitative estimate of drug-likeness (QED) is 0.197. The van der Waals surface area contributed by atoms with Crippen LogP contribution in [0.3, 0.4) is 0 Å². The number of halogens is 1. The molecule has 1 aliphatic heterocycles. The molecular formula is C29H33FN4O7S. The van der Waals surface area contributed by atoms with E-state index in [9.17, 15) is 18.8 Å². The molecule has 0 unspecified atom stereocenters. The van der Waals surface area contributed by atoms with E-state index in [4.69, 9.17) is 19.0 Å². The number of amides is 1. The third kappa shape index (κ3) is 6.97. The van der Waals surface area contributed by atoms with Crippen LogP contribution in [0, 0.1) is 5.82 Å². The van der Waals surface area contributed by atoms with Crippen LogP contribution in [0.5, 0.6) is 5.75 Å². The molecule has 1 saturated heterocycles. The number of thiophene rings is 1. The number of ether oxygens (including phenoxy) is 3. The second kappa shape index (κ2) is 13.6. The Balaban J connectivity index is 1.95. The number of aromatic nitrogens is 2. The largest absolute Gasteiger partial charge is 0.496 e. The first-order chi connectivity index (χ1) is 20.1. The monoisotopic (exact) mass is 600 g/mol. The molecule has 0 saturated carbocycles. The number of methoxy groups -OCH3 is 1. The predicted octanol–water partition coefficient (Wildman–Crippen LogP) is 3.93. The van der Waals surface area contributed by atoms with Gasteiger partial charge in [-0.3, -0.25) is 14.2 Å². The minimum atomic E-state index is -0.865. The van der Waals surface area contributed by atoms with Gasteiger partial charge in [0.25, 0.3) is 11.5 Å². The molecular weight excluding hydrogens is 567 g/mol. The zero-order chi connectivity index (χ0) is 30.4. The van der Waals surface area contributed by atoms with Crippen LogP contribution in [0.1, 0.15) is 55.1 Å². The topological polar surface area (TPSA) is 114 Å². The molecule has 13 heteroatoms. The molecule has 0 bridgehead atoms. The van der Waals surface area contributed by atoms with Gasteiger partial charge in [0.05, 0.1) is 48.9 Å². The molecule has 4 rings (SSSR count). The third-order valence-corrected chi connectivity index (χ3v) is 7.07. The van der Waals surface area contributed by atoms with E-state index in [1.54, 1.807) is 37.6 Å². The molecule has 0 atom stereocenters. The number of hydrogen-bond acceptors (Lipinski definition) is 9. The van der Waals surface area contributed by atoms with Crippen LogP contribution in [0.4, 0.5) is 4.39 Å². The van der Waals surface area contributed by atoms with E-state index in [1.807, 2.05) is 0 Å². The molecule has 2 aromatic heterocycles. The highest BCUT2D eigenvalue weighted by atomic mass is 32.1. The smallest absolute Gasteiger partial charge is 0.354 e. The van der Waals surface area contributed by atoms with Crippen molar-refractivity contribution in [3.8, 4) is 5.75 Å². The first-order valence-electron chi connectivity index (χ1n) is 13.3. The van der Waals surface area contributed by atoms with Gasteiger partial charge in [-0.1, -0.05) is 5.16 Å². The van der Waals surface area contributed by atoms with Crippen molar-refractivity contribution in [2.75, 3.05) is 32.4 Å². The first-order valence-corrected chi connectivity index (χ1v) is 14.2. The Morgan fingerprint density at radius 2 is 1.95 bits per heavy atom. The molecule has 0 spiro atoms. The zero-order valence-electron chi connectivity index (χ0n) is 24.0. The number of carbonyl (C=O) groups is 1. The fourth-order valence-electron chi connectivity index (χ4n) is 4.20. The Labute approximate surface area is 246 Å². The second-order valence-corrected chi connectivity index (χ2v) is 10.6. The first kappa shape index (κ1) is 30.7. The van der Waals surface area contributed by atoms with Crippen LogP contribution in [0.15, 0.2) is 56.0 Å². The van der Waals surface area contributed by atoms with E-state index in [0.717, 1.165) is 14.3 Å². The fraction of sp³-hybridized carbons (Fsp3) is 0.379. The van der Waals surface area contributed by atoms with Crippen LogP contribution in [0.25, 0.3) is 12.0 Å². The van der Waals surface area contributed by atoms with Gasteiger partial charge in [-0.25, -0.2) is 14.2 Å². The molecule has 224 valence electrons. The average molecular weight is 601 g/mol. The van der Waals surface area contributed by atoms with Gasteiger partial charge < -0.3 is 19.0 Å². The Bertz CT molecular complexity index is 1590. The van der Waals surface area contributed by atoms with Gasteiger partial charge in [0, 0.05) is 31.5 Å². The van der Waals surface area contributed by atoms with E-state index < -0.39 is 23.0 Å². The molecule has 1 aliphatic rings. The maximum atomic E-state index is 14.5. The maximum absolute atomic E-state index is 14.5. The molecule has 0 N–H and O–H groups in total. The van der Waals surface area contributed by atoms with Gasteiger partial charge in [-0.2, -0.15) is 16.0 Å². The van der Waals surface area contributed by atoms with Gasteiger partial charge in [-0.15, -0.1) is 0 Å². The van der Waals surface area contributed by atoms with Crippen molar-refractivity contribution < 1.29 is 28.2 Å². The molecule has 3 aromatic rings. The lowest BCUT2D eigenvalue weighted by molar-refractivity contribution is 0.0139. The van der Waals surface area contributed by atoms with E-state index in [-0.39, 0.29) is 34.8 Å². The van der Waals surface area contributed by atoms with E-state index >= 15 is 0 Å². The SMILES string of the molecule is COc1ccc(F)cc1/C(=C/n1cc(/C(C)=N/OC(C)C)c(=O)n(N(C)C(=O)c2ccsc2)c1=O)OC1CCOCC1. The van der Waals surface area contributed by atoms with Crippen molar-refractivity contribution in [3.05, 3.63) is 84.6 Å². The highest BCUT2D eigenvalue weighted by Crippen LogP contribution is 2.31. The minimum absolute atomic E-state index is 0.00640. The summed E-state index contributed by atoms with van der Waals surface area (Å²) in [5.74, 6) is -0.678. The van der Waals surface area contributed by atoms with Crippen LogP contribution < -0.4 is 21.0 Å². The lowest BCUT2D eigenvalue weighted by Gasteiger charge is -2.26. The molecule has 42 heavy (non-hydrogen) atoms. The summed E-state index contributed by atoms with van der Waals surface area (Å²) >= 11 is 1.31. The van der Waals surface area contributed by atoms with Crippen molar-refractivity contribution in [1.82, 2.24) is 9.24 Å².